The van der Waals surface area contributed by atoms with Gasteiger partial charge in [0, 0.05) is 12.5 Å². The summed E-state index contributed by atoms with van der Waals surface area (Å²) in [6.45, 7) is 9.01. The molecule has 1 amide bonds. The molecule has 2 nitrogen and oxygen atoms in total. The van der Waals surface area contributed by atoms with Crippen molar-refractivity contribution < 1.29 is 4.79 Å². The van der Waals surface area contributed by atoms with Gasteiger partial charge in [-0.25, -0.2) is 0 Å². The topological polar surface area (TPSA) is 20.3 Å². The van der Waals surface area contributed by atoms with E-state index in [-0.39, 0.29) is 11.8 Å². The van der Waals surface area contributed by atoms with Crippen LogP contribution in [-0.2, 0) is 4.79 Å². The molecular weight excluding hydrogens is 250 g/mol. The molecule has 0 aromatic carbocycles. The highest BCUT2D eigenvalue weighted by Crippen LogP contribution is 2.19. The van der Waals surface area contributed by atoms with Crippen LogP contribution in [0.3, 0.4) is 0 Å². The van der Waals surface area contributed by atoms with Crippen LogP contribution in [0.1, 0.15) is 53.4 Å². The average Bonchev–Trinajstić information content (AvgIpc) is 2.30. The predicted molar refractivity (Wildman–Crippen MR) is 81.4 cm³/mol. The van der Waals surface area contributed by atoms with E-state index in [0.717, 1.165) is 35.8 Å². The lowest BCUT2D eigenvalue weighted by Crippen LogP contribution is -2.38. The quantitative estimate of drug-likeness (QED) is 0.653. The predicted octanol–water partition coefficient (Wildman–Crippen LogP) is 4.09. The van der Waals surface area contributed by atoms with Crippen LogP contribution < -0.4 is 0 Å². The Morgan fingerprint density at radius 3 is 2.06 bits per heavy atom. The first-order chi connectivity index (χ1) is 8.12. The van der Waals surface area contributed by atoms with Crippen molar-refractivity contribution in [2.75, 3.05) is 12.3 Å². The summed E-state index contributed by atoms with van der Waals surface area (Å²) in [5, 5.41) is 0. The molecule has 0 heterocycles. The Labute approximate surface area is 116 Å². The number of carbonyl (C=O) groups excluding carboxylic acids is 1. The number of thioether (sulfide) groups is 1. The number of nitrogens with zero attached hydrogens (tertiary/aromatic N) is 1. The summed E-state index contributed by atoms with van der Waals surface area (Å²) in [6, 6.07) is 0. The van der Waals surface area contributed by atoms with Gasteiger partial charge in [-0.15, -0.1) is 0 Å². The Bertz CT molecular complexity index is 238. The third kappa shape index (κ3) is 5.87. The van der Waals surface area contributed by atoms with E-state index in [0.29, 0.717) is 6.54 Å². The molecule has 0 aliphatic rings. The zero-order valence-electron chi connectivity index (χ0n) is 11.5. The van der Waals surface area contributed by atoms with E-state index < -0.39 is 0 Å². The maximum Gasteiger partial charge on any atom is 0.231 e. The van der Waals surface area contributed by atoms with Crippen LogP contribution in [0.2, 0.25) is 0 Å². The highest BCUT2D eigenvalue weighted by Gasteiger charge is 2.24. The zero-order valence-corrected chi connectivity index (χ0v) is 13.1. The summed E-state index contributed by atoms with van der Waals surface area (Å²) in [6.07, 6.45) is 4.06. The minimum absolute atomic E-state index is 0.153. The first kappa shape index (κ1) is 16.9. The lowest BCUT2D eigenvalue weighted by molar-refractivity contribution is -0.131. The highest BCUT2D eigenvalue weighted by molar-refractivity contribution is 8.22. The van der Waals surface area contributed by atoms with Gasteiger partial charge in [-0.3, -0.25) is 9.69 Å². The van der Waals surface area contributed by atoms with E-state index in [1.165, 1.54) is 0 Å². The molecule has 0 aromatic heterocycles. The fourth-order valence-electron chi connectivity index (χ4n) is 1.88. The van der Waals surface area contributed by atoms with Gasteiger partial charge in [-0.2, -0.15) is 0 Å². The Morgan fingerprint density at radius 2 is 1.71 bits per heavy atom. The standard InChI is InChI=1S/C13H25NOS2/c1-5-9-11(10-6-2)12(15)14(7-3)13(16)17-8-4/h11H,5-10H2,1-4H3. The Kier molecular flexibility index (Phi) is 9.84. The molecular formula is C13H25NOS2. The Balaban J connectivity index is 4.62. The molecule has 0 aliphatic heterocycles. The smallest absolute Gasteiger partial charge is 0.231 e. The van der Waals surface area contributed by atoms with Crippen molar-refractivity contribution in [3.05, 3.63) is 0 Å². The normalized spacial score (nSPS) is 10.6. The molecule has 0 rings (SSSR count). The largest absolute Gasteiger partial charge is 0.298 e. The summed E-state index contributed by atoms with van der Waals surface area (Å²) in [4.78, 5) is 14.2. The second kappa shape index (κ2) is 9.89. The SMILES string of the molecule is CCCC(CCC)C(=O)N(CC)C(=S)SCC. The molecule has 0 spiro atoms. The van der Waals surface area contributed by atoms with Gasteiger partial charge in [0.1, 0.15) is 4.32 Å². The van der Waals surface area contributed by atoms with Gasteiger partial charge >= 0.3 is 0 Å². The van der Waals surface area contributed by atoms with Crippen LogP contribution in [0.5, 0.6) is 0 Å². The first-order valence-electron chi connectivity index (χ1n) is 6.60. The van der Waals surface area contributed by atoms with Gasteiger partial charge in [0.15, 0.2) is 0 Å². The number of carbonyl (C=O) groups is 1. The summed E-state index contributed by atoms with van der Waals surface area (Å²) in [5.41, 5.74) is 0. The van der Waals surface area contributed by atoms with E-state index in [2.05, 4.69) is 20.8 Å². The molecule has 0 aliphatic carbocycles. The van der Waals surface area contributed by atoms with Crippen molar-refractivity contribution in [3.8, 4) is 0 Å². The number of thiocarbonyl (C=S) groups is 1. The molecule has 0 saturated heterocycles. The number of amides is 1. The highest BCUT2D eigenvalue weighted by atomic mass is 32.2. The summed E-state index contributed by atoms with van der Waals surface area (Å²) < 4.78 is 0.734. The van der Waals surface area contributed by atoms with E-state index in [9.17, 15) is 4.79 Å². The maximum atomic E-state index is 12.4. The summed E-state index contributed by atoms with van der Waals surface area (Å²) in [7, 11) is 0. The number of hydrogen-bond donors (Lipinski definition) is 0. The fraction of sp³-hybridized carbons (Fsp3) is 0.846. The molecule has 0 fully saturated rings. The third-order valence-electron chi connectivity index (χ3n) is 2.69. The van der Waals surface area contributed by atoms with Crippen molar-refractivity contribution in [2.45, 2.75) is 53.4 Å². The molecule has 0 bridgehead atoms. The number of rotatable bonds is 7. The van der Waals surface area contributed by atoms with Gasteiger partial charge in [-0.1, -0.05) is 57.6 Å². The molecule has 0 N–H and O–H groups in total. The molecule has 0 saturated carbocycles. The van der Waals surface area contributed by atoms with Crippen LogP contribution in [0.15, 0.2) is 0 Å². The Morgan fingerprint density at radius 1 is 1.18 bits per heavy atom. The number of hydrogen-bond acceptors (Lipinski definition) is 3. The zero-order chi connectivity index (χ0) is 13.3. The average molecular weight is 275 g/mol. The van der Waals surface area contributed by atoms with E-state index in [1.807, 2.05) is 6.92 Å². The second-order valence-electron chi connectivity index (χ2n) is 4.06. The molecule has 17 heavy (non-hydrogen) atoms. The van der Waals surface area contributed by atoms with Crippen molar-refractivity contribution in [1.29, 1.82) is 0 Å². The molecule has 0 atom stereocenters. The van der Waals surface area contributed by atoms with Crippen LogP contribution in [-0.4, -0.2) is 27.4 Å². The van der Waals surface area contributed by atoms with Crippen LogP contribution in [0, 0.1) is 5.92 Å². The fourth-order valence-corrected chi connectivity index (χ4v) is 3.08. The first-order valence-corrected chi connectivity index (χ1v) is 7.99. The van der Waals surface area contributed by atoms with E-state index in [4.69, 9.17) is 12.2 Å². The second-order valence-corrected chi connectivity index (χ2v) is 5.95. The molecule has 0 unspecified atom stereocenters. The van der Waals surface area contributed by atoms with Crippen molar-refractivity contribution in [1.82, 2.24) is 4.90 Å². The van der Waals surface area contributed by atoms with Crippen LogP contribution >= 0.6 is 24.0 Å². The Hall–Kier alpha value is -0.0900. The van der Waals surface area contributed by atoms with Crippen molar-refractivity contribution in [3.63, 3.8) is 0 Å². The maximum absolute atomic E-state index is 12.4. The van der Waals surface area contributed by atoms with Crippen LogP contribution in [0.4, 0.5) is 0 Å². The van der Waals surface area contributed by atoms with E-state index >= 15 is 0 Å². The molecule has 4 heteroatoms. The van der Waals surface area contributed by atoms with Gasteiger partial charge in [0.05, 0.1) is 0 Å². The monoisotopic (exact) mass is 275 g/mol. The van der Waals surface area contributed by atoms with Gasteiger partial charge in [0.2, 0.25) is 5.91 Å². The lowest BCUT2D eigenvalue weighted by atomic mass is 9.97. The van der Waals surface area contributed by atoms with Crippen LogP contribution in [0.25, 0.3) is 0 Å². The summed E-state index contributed by atoms with van der Waals surface area (Å²) in [5.74, 6) is 1.30. The summed E-state index contributed by atoms with van der Waals surface area (Å²) >= 11 is 6.89. The van der Waals surface area contributed by atoms with Crippen molar-refractivity contribution >= 4 is 34.2 Å². The van der Waals surface area contributed by atoms with Gasteiger partial charge in [0.25, 0.3) is 0 Å². The molecule has 100 valence electrons. The third-order valence-corrected chi connectivity index (χ3v) is 4.02. The van der Waals surface area contributed by atoms with Gasteiger partial charge in [-0.05, 0) is 25.5 Å². The molecule has 0 aromatic rings. The molecule has 0 radical (unpaired) electrons. The van der Waals surface area contributed by atoms with E-state index in [1.54, 1.807) is 16.7 Å². The van der Waals surface area contributed by atoms with Gasteiger partial charge < -0.3 is 0 Å². The lowest BCUT2D eigenvalue weighted by Gasteiger charge is -2.26. The minimum Gasteiger partial charge on any atom is -0.298 e. The minimum atomic E-state index is 0.153. The van der Waals surface area contributed by atoms with Crippen molar-refractivity contribution in [2.24, 2.45) is 5.92 Å².